The minimum absolute atomic E-state index is 0.0101. The van der Waals surface area contributed by atoms with Crippen molar-refractivity contribution < 1.29 is 14.0 Å². The molecule has 18 heavy (non-hydrogen) atoms. The molecule has 0 saturated carbocycles. The Kier molecular flexibility index (Phi) is 3.40. The Morgan fingerprint density at radius 2 is 1.89 bits per heavy atom. The van der Waals surface area contributed by atoms with Crippen LogP contribution in [0.5, 0.6) is 0 Å². The molecule has 2 amide bonds. The summed E-state index contributed by atoms with van der Waals surface area (Å²) < 4.78 is 6.11. The molecule has 0 radical (unpaired) electrons. The quantitative estimate of drug-likeness (QED) is 0.564. The summed E-state index contributed by atoms with van der Waals surface area (Å²) >= 11 is 0. The lowest BCUT2D eigenvalue weighted by molar-refractivity contribution is -0.143. The molecule has 0 bridgehead atoms. The van der Waals surface area contributed by atoms with E-state index in [-0.39, 0.29) is 35.3 Å². The van der Waals surface area contributed by atoms with E-state index in [0.29, 0.717) is 6.42 Å². The smallest absolute Gasteiger partial charge is 0.235 e. The van der Waals surface area contributed by atoms with Gasteiger partial charge < -0.3 is 4.43 Å². The average Bonchev–Trinajstić information content (AvgIpc) is 2.67. The monoisotopic (exact) mass is 269 g/mol. The summed E-state index contributed by atoms with van der Waals surface area (Å²) in [5, 5.41) is 0. The normalized spacial score (nSPS) is 32.6. The SMILES string of the molecule is C[SiH](C)OC1C2CCC(=O)N2C(=O)C1C(C)(C)C. The number of fused-ring (bicyclic) bond motifs is 1. The minimum atomic E-state index is -1.22. The standard InChI is InChI=1S/C13H23NO3Si/c1-13(2,3)10-11(17-18(4)5)8-6-7-9(15)14(8)12(10)16/h8,10-11,18H,6-7H2,1-5H3. The molecule has 0 aromatic rings. The van der Waals surface area contributed by atoms with E-state index in [1.165, 1.54) is 4.90 Å². The van der Waals surface area contributed by atoms with Gasteiger partial charge in [-0.1, -0.05) is 20.8 Å². The molecule has 0 N–H and O–H groups in total. The van der Waals surface area contributed by atoms with E-state index in [0.717, 1.165) is 6.42 Å². The van der Waals surface area contributed by atoms with E-state index in [9.17, 15) is 9.59 Å². The van der Waals surface area contributed by atoms with Gasteiger partial charge in [0.05, 0.1) is 18.1 Å². The third kappa shape index (κ3) is 2.14. The first kappa shape index (κ1) is 13.7. The summed E-state index contributed by atoms with van der Waals surface area (Å²) in [6.07, 6.45) is 1.17. The number of rotatable bonds is 2. The van der Waals surface area contributed by atoms with Crippen LogP contribution in [0.25, 0.3) is 0 Å². The van der Waals surface area contributed by atoms with Gasteiger partial charge in [0.15, 0.2) is 9.04 Å². The second kappa shape index (κ2) is 4.45. The summed E-state index contributed by atoms with van der Waals surface area (Å²) in [4.78, 5) is 25.8. The maximum atomic E-state index is 12.5. The lowest BCUT2D eigenvalue weighted by Gasteiger charge is -2.32. The Balaban J connectivity index is 2.33. The number of carbonyl (C=O) groups is 2. The molecule has 2 fully saturated rings. The van der Waals surface area contributed by atoms with Crippen molar-refractivity contribution in [3.05, 3.63) is 0 Å². The fourth-order valence-electron chi connectivity index (χ4n) is 3.16. The molecule has 0 spiro atoms. The second-order valence-corrected chi connectivity index (χ2v) is 9.07. The summed E-state index contributed by atoms with van der Waals surface area (Å²) in [7, 11) is -1.22. The molecular weight excluding hydrogens is 246 g/mol. The van der Waals surface area contributed by atoms with Gasteiger partial charge in [-0.25, -0.2) is 0 Å². The predicted molar refractivity (Wildman–Crippen MR) is 71.6 cm³/mol. The highest BCUT2D eigenvalue weighted by Gasteiger charge is 2.57. The molecule has 102 valence electrons. The van der Waals surface area contributed by atoms with Crippen LogP contribution in [0.15, 0.2) is 0 Å². The first-order chi connectivity index (χ1) is 8.23. The van der Waals surface area contributed by atoms with E-state index in [1.54, 1.807) is 0 Å². The van der Waals surface area contributed by atoms with E-state index in [1.807, 2.05) is 0 Å². The highest BCUT2D eigenvalue weighted by molar-refractivity contribution is 6.48. The third-order valence-electron chi connectivity index (χ3n) is 3.83. The largest absolute Gasteiger partial charge is 0.415 e. The van der Waals surface area contributed by atoms with Crippen molar-refractivity contribution in [3.8, 4) is 0 Å². The topological polar surface area (TPSA) is 46.6 Å². The molecule has 2 heterocycles. The number of carbonyl (C=O) groups excluding carboxylic acids is 2. The van der Waals surface area contributed by atoms with E-state index in [4.69, 9.17) is 4.43 Å². The maximum absolute atomic E-state index is 12.5. The van der Waals surface area contributed by atoms with Crippen LogP contribution in [0.1, 0.15) is 33.6 Å². The number of hydrogen-bond donors (Lipinski definition) is 0. The van der Waals surface area contributed by atoms with Crippen LogP contribution in [0, 0.1) is 11.3 Å². The molecular formula is C13H23NO3Si. The van der Waals surface area contributed by atoms with Crippen LogP contribution in [-0.4, -0.2) is 37.9 Å². The van der Waals surface area contributed by atoms with Crippen molar-refractivity contribution in [3.63, 3.8) is 0 Å². The van der Waals surface area contributed by atoms with Crippen LogP contribution < -0.4 is 0 Å². The molecule has 2 aliphatic rings. The second-order valence-electron chi connectivity index (χ2n) is 6.70. The highest BCUT2D eigenvalue weighted by Crippen LogP contribution is 2.43. The van der Waals surface area contributed by atoms with Crippen molar-refractivity contribution in [2.24, 2.45) is 11.3 Å². The number of nitrogens with zero attached hydrogens (tertiary/aromatic N) is 1. The van der Waals surface area contributed by atoms with Gasteiger partial charge in [0.1, 0.15) is 0 Å². The summed E-state index contributed by atoms with van der Waals surface area (Å²) in [5.41, 5.74) is -0.157. The molecule has 2 aliphatic heterocycles. The highest BCUT2D eigenvalue weighted by atomic mass is 28.3. The first-order valence-electron chi connectivity index (χ1n) is 6.75. The first-order valence-corrected chi connectivity index (χ1v) is 9.53. The van der Waals surface area contributed by atoms with Crippen LogP contribution in [-0.2, 0) is 14.0 Å². The lowest BCUT2D eigenvalue weighted by Crippen LogP contribution is -2.40. The van der Waals surface area contributed by atoms with Crippen molar-refractivity contribution in [1.29, 1.82) is 0 Å². The van der Waals surface area contributed by atoms with Crippen molar-refractivity contribution in [1.82, 2.24) is 4.90 Å². The van der Waals surface area contributed by atoms with Crippen molar-refractivity contribution in [2.75, 3.05) is 0 Å². The van der Waals surface area contributed by atoms with Crippen LogP contribution in [0.3, 0.4) is 0 Å². The van der Waals surface area contributed by atoms with Gasteiger partial charge in [0, 0.05) is 6.42 Å². The zero-order chi connectivity index (χ0) is 13.7. The van der Waals surface area contributed by atoms with Gasteiger partial charge in [-0.05, 0) is 24.9 Å². The average molecular weight is 269 g/mol. The van der Waals surface area contributed by atoms with E-state index >= 15 is 0 Å². The van der Waals surface area contributed by atoms with Crippen LogP contribution >= 0.6 is 0 Å². The van der Waals surface area contributed by atoms with Gasteiger partial charge in [0.25, 0.3) is 0 Å². The number of imide groups is 1. The molecule has 0 aliphatic carbocycles. The van der Waals surface area contributed by atoms with Gasteiger partial charge >= 0.3 is 0 Å². The summed E-state index contributed by atoms with van der Waals surface area (Å²) in [6.45, 7) is 10.4. The molecule has 0 aromatic heterocycles. The molecule has 4 nitrogen and oxygen atoms in total. The molecule has 0 aromatic carbocycles. The Bertz CT molecular complexity index is 375. The number of amides is 2. The zero-order valence-corrected chi connectivity index (χ0v) is 13.1. The third-order valence-corrected chi connectivity index (χ3v) is 4.69. The minimum Gasteiger partial charge on any atom is -0.415 e. The van der Waals surface area contributed by atoms with E-state index < -0.39 is 9.04 Å². The van der Waals surface area contributed by atoms with Gasteiger partial charge in [-0.15, -0.1) is 0 Å². The summed E-state index contributed by atoms with van der Waals surface area (Å²) in [5.74, 6) is -0.216. The Morgan fingerprint density at radius 1 is 1.28 bits per heavy atom. The van der Waals surface area contributed by atoms with Crippen LogP contribution in [0.2, 0.25) is 13.1 Å². The van der Waals surface area contributed by atoms with Gasteiger partial charge in [-0.2, -0.15) is 0 Å². The van der Waals surface area contributed by atoms with Crippen molar-refractivity contribution >= 4 is 20.9 Å². The lowest BCUT2D eigenvalue weighted by atomic mass is 9.77. The Hall–Kier alpha value is -0.683. The molecule has 3 atom stereocenters. The molecule has 2 rings (SSSR count). The van der Waals surface area contributed by atoms with Gasteiger partial charge in [-0.3, -0.25) is 14.5 Å². The fourth-order valence-corrected chi connectivity index (χ4v) is 4.13. The van der Waals surface area contributed by atoms with Crippen LogP contribution in [0.4, 0.5) is 0 Å². The Morgan fingerprint density at radius 3 is 2.39 bits per heavy atom. The zero-order valence-electron chi connectivity index (χ0n) is 11.9. The number of hydrogen-bond acceptors (Lipinski definition) is 3. The fraction of sp³-hybridized carbons (Fsp3) is 0.846. The molecule has 5 heteroatoms. The van der Waals surface area contributed by atoms with E-state index in [2.05, 4.69) is 33.9 Å². The van der Waals surface area contributed by atoms with Gasteiger partial charge in [0.2, 0.25) is 11.8 Å². The summed E-state index contributed by atoms with van der Waals surface area (Å²) in [6, 6.07) is -0.0101. The molecule has 3 unspecified atom stereocenters. The van der Waals surface area contributed by atoms with Crippen molar-refractivity contribution in [2.45, 2.75) is 58.9 Å². The molecule has 2 saturated heterocycles. The maximum Gasteiger partial charge on any atom is 0.235 e. The predicted octanol–water partition coefficient (Wildman–Crippen LogP) is 1.55. The Labute approximate surface area is 110 Å².